The lowest BCUT2D eigenvalue weighted by Crippen LogP contribution is -2.41. The van der Waals surface area contributed by atoms with Gasteiger partial charge in [-0.1, -0.05) is 13.8 Å². The molecule has 1 N–H and O–H groups in total. The minimum atomic E-state index is -0.191. The van der Waals surface area contributed by atoms with E-state index >= 15 is 0 Å². The van der Waals surface area contributed by atoms with Crippen molar-refractivity contribution in [2.24, 2.45) is 5.92 Å². The summed E-state index contributed by atoms with van der Waals surface area (Å²) in [5, 5.41) is 21.3. The number of hydrogen-bond acceptors (Lipinski definition) is 6. The van der Waals surface area contributed by atoms with Gasteiger partial charge in [0.1, 0.15) is 17.5 Å². The van der Waals surface area contributed by atoms with Crippen molar-refractivity contribution in [2.45, 2.75) is 39.5 Å². The molecule has 7 nitrogen and oxygen atoms in total. The van der Waals surface area contributed by atoms with Crippen molar-refractivity contribution in [1.29, 1.82) is 5.26 Å². The molecule has 0 radical (unpaired) electrons. The van der Waals surface area contributed by atoms with E-state index in [0.717, 1.165) is 48.0 Å². The van der Waals surface area contributed by atoms with Crippen LogP contribution in [0.15, 0.2) is 22.8 Å². The molecule has 1 saturated heterocycles. The molecule has 2 aromatic rings. The van der Waals surface area contributed by atoms with E-state index in [1.165, 1.54) is 0 Å². The Bertz CT molecular complexity index is 893. The van der Waals surface area contributed by atoms with Gasteiger partial charge in [0.25, 0.3) is 0 Å². The lowest BCUT2D eigenvalue weighted by atomic mass is 9.96. The van der Waals surface area contributed by atoms with E-state index < -0.39 is 0 Å². The van der Waals surface area contributed by atoms with Gasteiger partial charge in [-0.25, -0.2) is 4.98 Å². The molecule has 28 heavy (non-hydrogen) atoms. The van der Waals surface area contributed by atoms with Crippen LogP contribution in [0.1, 0.15) is 43.5 Å². The van der Waals surface area contributed by atoms with Crippen molar-refractivity contribution in [3.05, 3.63) is 39.6 Å². The fourth-order valence-electron chi connectivity index (χ4n) is 3.56. The second-order valence-corrected chi connectivity index (χ2v) is 7.69. The Morgan fingerprint density at radius 1 is 1.36 bits per heavy atom. The number of anilines is 2. The summed E-state index contributed by atoms with van der Waals surface area (Å²) in [5.41, 5.74) is 2.42. The Morgan fingerprint density at radius 2 is 2.18 bits per heavy atom. The van der Waals surface area contributed by atoms with Crippen LogP contribution in [0, 0.1) is 17.2 Å². The normalized spacial score (nSPS) is 16.5. The fraction of sp³-hybridized carbons (Fsp3) is 0.450. The molecule has 1 fully saturated rings. The quantitative estimate of drug-likeness (QED) is 0.761. The van der Waals surface area contributed by atoms with Gasteiger partial charge >= 0.3 is 0 Å². The number of aryl methyl sites for hydroxylation is 1. The number of nitriles is 1. The lowest BCUT2D eigenvalue weighted by molar-refractivity contribution is -0.120. The summed E-state index contributed by atoms with van der Waals surface area (Å²) in [7, 11) is 0. The molecule has 1 aliphatic heterocycles. The van der Waals surface area contributed by atoms with E-state index in [4.69, 9.17) is 0 Å². The summed E-state index contributed by atoms with van der Waals surface area (Å²) in [5.74, 6) is 0.870. The average Bonchev–Trinajstić information content (AvgIpc) is 2.74. The van der Waals surface area contributed by atoms with Gasteiger partial charge in [-0.3, -0.25) is 4.79 Å². The molecule has 2 aromatic heterocycles. The van der Waals surface area contributed by atoms with Crippen molar-refractivity contribution in [1.82, 2.24) is 15.2 Å². The number of nitrogens with one attached hydrogen (secondary N) is 1. The van der Waals surface area contributed by atoms with Gasteiger partial charge in [-0.15, -0.1) is 5.10 Å². The molecule has 1 unspecified atom stereocenters. The summed E-state index contributed by atoms with van der Waals surface area (Å²) in [6, 6.07) is 5.92. The number of amides is 1. The number of halogens is 1. The highest BCUT2D eigenvalue weighted by molar-refractivity contribution is 9.10. The SMILES string of the molecule is CCc1nnc(N2CCCC(C(=O)Nc3ccc(Br)cn3)C2)c(C#N)c1CC. The van der Waals surface area contributed by atoms with Crippen LogP contribution in [0.5, 0.6) is 0 Å². The molecular weight excluding hydrogens is 420 g/mol. The predicted octanol–water partition coefficient (Wildman–Crippen LogP) is 3.49. The summed E-state index contributed by atoms with van der Waals surface area (Å²) < 4.78 is 0.860. The molecule has 3 rings (SSSR count). The van der Waals surface area contributed by atoms with Gasteiger partial charge in [0, 0.05) is 23.8 Å². The summed E-state index contributed by atoms with van der Waals surface area (Å²) in [6.07, 6.45) is 4.79. The van der Waals surface area contributed by atoms with Crippen LogP contribution in [-0.4, -0.2) is 34.2 Å². The van der Waals surface area contributed by atoms with E-state index in [2.05, 4.69) is 42.5 Å². The molecule has 1 aliphatic rings. The van der Waals surface area contributed by atoms with Crippen LogP contribution in [0.4, 0.5) is 11.6 Å². The largest absolute Gasteiger partial charge is 0.353 e. The molecule has 8 heteroatoms. The first-order valence-electron chi connectivity index (χ1n) is 9.53. The van der Waals surface area contributed by atoms with Gasteiger partial charge in [0.15, 0.2) is 5.82 Å². The maximum Gasteiger partial charge on any atom is 0.230 e. The zero-order chi connectivity index (χ0) is 20.1. The number of carbonyl (C=O) groups excluding carboxylic acids is 1. The molecule has 0 bridgehead atoms. The van der Waals surface area contributed by atoms with E-state index in [-0.39, 0.29) is 11.8 Å². The first-order valence-corrected chi connectivity index (χ1v) is 10.3. The molecule has 0 spiro atoms. The molecule has 0 aliphatic carbocycles. The number of aromatic nitrogens is 3. The summed E-state index contributed by atoms with van der Waals surface area (Å²) in [6.45, 7) is 5.32. The number of piperidine rings is 1. The maximum absolute atomic E-state index is 12.7. The minimum absolute atomic E-state index is 0.0631. The van der Waals surface area contributed by atoms with E-state index in [1.54, 1.807) is 12.3 Å². The second kappa shape index (κ2) is 9.11. The van der Waals surface area contributed by atoms with Crippen LogP contribution in [0.25, 0.3) is 0 Å². The number of pyridine rings is 1. The Kier molecular flexibility index (Phi) is 6.57. The van der Waals surface area contributed by atoms with Gasteiger partial charge in [-0.05, 0) is 59.3 Å². The first-order chi connectivity index (χ1) is 13.6. The third-order valence-corrected chi connectivity index (χ3v) is 5.48. The number of rotatable bonds is 5. The van der Waals surface area contributed by atoms with Crippen LogP contribution < -0.4 is 10.2 Å². The van der Waals surface area contributed by atoms with E-state index in [0.29, 0.717) is 23.7 Å². The average molecular weight is 443 g/mol. The molecular formula is C20H23BrN6O. The van der Waals surface area contributed by atoms with Gasteiger partial charge < -0.3 is 10.2 Å². The Hall–Kier alpha value is -2.53. The lowest BCUT2D eigenvalue weighted by Gasteiger charge is -2.33. The molecule has 3 heterocycles. The van der Waals surface area contributed by atoms with Gasteiger partial charge in [-0.2, -0.15) is 10.4 Å². The highest BCUT2D eigenvalue weighted by Crippen LogP contribution is 2.28. The van der Waals surface area contributed by atoms with Crippen LogP contribution >= 0.6 is 15.9 Å². The van der Waals surface area contributed by atoms with Crippen molar-refractivity contribution >= 4 is 33.5 Å². The third-order valence-electron chi connectivity index (χ3n) is 5.01. The Labute approximate surface area is 173 Å². The smallest absolute Gasteiger partial charge is 0.230 e. The van der Waals surface area contributed by atoms with E-state index in [9.17, 15) is 10.1 Å². The third kappa shape index (κ3) is 4.30. The summed E-state index contributed by atoms with van der Waals surface area (Å²) in [4.78, 5) is 18.9. The molecule has 1 atom stereocenters. The monoisotopic (exact) mass is 442 g/mol. The second-order valence-electron chi connectivity index (χ2n) is 6.78. The fourth-order valence-corrected chi connectivity index (χ4v) is 3.80. The maximum atomic E-state index is 12.7. The van der Waals surface area contributed by atoms with Crippen molar-refractivity contribution in [3.63, 3.8) is 0 Å². The van der Waals surface area contributed by atoms with Crippen LogP contribution in [0.2, 0.25) is 0 Å². The number of carbonyl (C=O) groups is 1. The zero-order valence-corrected chi connectivity index (χ0v) is 17.7. The van der Waals surface area contributed by atoms with Gasteiger partial charge in [0.05, 0.1) is 11.6 Å². The number of nitrogens with zero attached hydrogens (tertiary/aromatic N) is 5. The van der Waals surface area contributed by atoms with E-state index in [1.807, 2.05) is 24.8 Å². The highest BCUT2D eigenvalue weighted by atomic mass is 79.9. The van der Waals surface area contributed by atoms with Crippen LogP contribution in [0.3, 0.4) is 0 Å². The number of hydrogen-bond donors (Lipinski definition) is 1. The zero-order valence-electron chi connectivity index (χ0n) is 16.1. The molecule has 0 saturated carbocycles. The topological polar surface area (TPSA) is 94.8 Å². The first kappa shape index (κ1) is 20.2. The predicted molar refractivity (Wildman–Crippen MR) is 111 cm³/mol. The van der Waals surface area contributed by atoms with Crippen molar-refractivity contribution < 1.29 is 4.79 Å². The Balaban J connectivity index is 1.79. The standard InChI is InChI=1S/C20H23BrN6O/c1-3-15-16(10-22)19(26-25-17(15)4-2)27-9-5-6-13(12-27)20(28)24-18-8-7-14(21)11-23-18/h7-8,11,13H,3-6,9,12H2,1-2H3,(H,23,24,28). The minimum Gasteiger partial charge on any atom is -0.353 e. The van der Waals surface area contributed by atoms with Crippen LogP contribution in [-0.2, 0) is 17.6 Å². The highest BCUT2D eigenvalue weighted by Gasteiger charge is 2.29. The molecule has 0 aromatic carbocycles. The summed E-state index contributed by atoms with van der Waals surface area (Å²) >= 11 is 3.34. The van der Waals surface area contributed by atoms with Crippen molar-refractivity contribution in [2.75, 3.05) is 23.3 Å². The van der Waals surface area contributed by atoms with Gasteiger partial charge in [0.2, 0.25) is 5.91 Å². The Morgan fingerprint density at radius 3 is 2.82 bits per heavy atom. The van der Waals surface area contributed by atoms with Crippen molar-refractivity contribution in [3.8, 4) is 6.07 Å². The molecule has 146 valence electrons. The molecule has 1 amide bonds.